The molecule has 0 saturated heterocycles. The number of nitrogens with zero attached hydrogens (tertiary/aromatic N) is 3. The largest absolute Gasteiger partial charge is 0.301 e. The molecule has 34 heavy (non-hydrogen) atoms. The van der Waals surface area contributed by atoms with Gasteiger partial charge in [-0.3, -0.25) is 9.36 Å². The van der Waals surface area contributed by atoms with Crippen molar-refractivity contribution in [3.05, 3.63) is 101 Å². The van der Waals surface area contributed by atoms with Gasteiger partial charge in [0.15, 0.2) is 10.3 Å². The Hall–Kier alpha value is -3.20. The van der Waals surface area contributed by atoms with Crippen LogP contribution in [0.25, 0.3) is 28.2 Å². The van der Waals surface area contributed by atoms with Gasteiger partial charge in [-0.05, 0) is 24.3 Å². The van der Waals surface area contributed by atoms with Crippen molar-refractivity contribution in [1.82, 2.24) is 14.5 Å². The molecule has 5 aromatic rings. The van der Waals surface area contributed by atoms with Crippen LogP contribution in [0.2, 0.25) is 0 Å². The Balaban J connectivity index is 1.30. The maximum absolute atomic E-state index is 12.7. The average molecular weight is 548 g/mol. The third kappa shape index (κ3) is 5.30. The van der Waals surface area contributed by atoms with Crippen LogP contribution in [0.4, 0.5) is 5.13 Å². The van der Waals surface area contributed by atoms with E-state index in [0.29, 0.717) is 5.13 Å². The first-order valence-corrected chi connectivity index (χ1v) is 13.2. The maximum Gasteiger partial charge on any atom is 0.236 e. The molecule has 0 fully saturated rings. The number of carbonyl (C=O) groups is 1. The summed E-state index contributed by atoms with van der Waals surface area (Å²) in [4.78, 5) is 22.1. The predicted octanol–water partition coefficient (Wildman–Crippen LogP) is 7.16. The van der Waals surface area contributed by atoms with Crippen LogP contribution < -0.4 is 5.32 Å². The van der Waals surface area contributed by atoms with Crippen molar-refractivity contribution >= 4 is 50.1 Å². The van der Waals surface area contributed by atoms with Gasteiger partial charge in [-0.2, -0.15) is 0 Å². The van der Waals surface area contributed by atoms with Crippen LogP contribution in [0.15, 0.2) is 106 Å². The Kier molecular flexibility index (Phi) is 6.89. The Morgan fingerprint density at radius 2 is 1.56 bits per heavy atom. The number of anilines is 1. The zero-order valence-electron chi connectivity index (χ0n) is 17.9. The quantitative estimate of drug-likeness (QED) is 0.220. The zero-order chi connectivity index (χ0) is 23.3. The van der Waals surface area contributed by atoms with E-state index >= 15 is 0 Å². The van der Waals surface area contributed by atoms with Gasteiger partial charge < -0.3 is 5.32 Å². The van der Waals surface area contributed by atoms with Gasteiger partial charge in [0.05, 0.1) is 17.1 Å². The zero-order valence-corrected chi connectivity index (χ0v) is 21.1. The lowest BCUT2D eigenvalue weighted by molar-refractivity contribution is -0.113. The van der Waals surface area contributed by atoms with Crippen LogP contribution in [0.1, 0.15) is 0 Å². The van der Waals surface area contributed by atoms with Gasteiger partial charge >= 0.3 is 0 Å². The fourth-order valence-electron chi connectivity index (χ4n) is 3.36. The fraction of sp³-hybridized carbons (Fsp3) is 0.0385. The number of amides is 1. The SMILES string of the molecule is O=C(CSc1nc(-c2ccccc2)cn1-c1ccccc1)Nc1nc(-c2ccc(Br)cc2)cs1. The molecule has 1 N–H and O–H groups in total. The van der Waals surface area contributed by atoms with Crippen molar-refractivity contribution in [3.8, 4) is 28.2 Å². The molecule has 5 nitrogen and oxygen atoms in total. The van der Waals surface area contributed by atoms with E-state index in [0.717, 1.165) is 37.8 Å². The highest BCUT2D eigenvalue weighted by Crippen LogP contribution is 2.29. The molecular formula is C26H19BrN4OS2. The number of thioether (sulfide) groups is 1. The number of halogens is 1. The molecule has 0 atom stereocenters. The normalized spacial score (nSPS) is 10.9. The number of nitrogens with one attached hydrogen (secondary N) is 1. The van der Waals surface area contributed by atoms with Crippen LogP contribution in [0.3, 0.4) is 0 Å². The summed E-state index contributed by atoms with van der Waals surface area (Å²) in [5.74, 6) is 0.108. The van der Waals surface area contributed by atoms with E-state index in [4.69, 9.17) is 4.98 Å². The van der Waals surface area contributed by atoms with Gasteiger partial charge in [-0.25, -0.2) is 9.97 Å². The van der Waals surface area contributed by atoms with E-state index in [1.807, 2.05) is 101 Å². The van der Waals surface area contributed by atoms with Gasteiger partial charge in [-0.1, -0.05) is 88.4 Å². The molecule has 0 bridgehead atoms. The minimum absolute atomic E-state index is 0.120. The minimum atomic E-state index is -0.120. The number of carbonyl (C=O) groups excluding carboxylic acids is 1. The van der Waals surface area contributed by atoms with Crippen LogP contribution in [-0.2, 0) is 4.79 Å². The van der Waals surface area contributed by atoms with Crippen molar-refractivity contribution in [2.45, 2.75) is 5.16 Å². The Morgan fingerprint density at radius 3 is 2.29 bits per heavy atom. The molecule has 2 heterocycles. The van der Waals surface area contributed by atoms with Gasteiger partial charge in [-0.15, -0.1) is 11.3 Å². The van der Waals surface area contributed by atoms with E-state index in [1.165, 1.54) is 23.1 Å². The predicted molar refractivity (Wildman–Crippen MR) is 144 cm³/mol. The van der Waals surface area contributed by atoms with Crippen LogP contribution in [-0.4, -0.2) is 26.2 Å². The first-order valence-electron chi connectivity index (χ1n) is 10.5. The van der Waals surface area contributed by atoms with E-state index < -0.39 is 0 Å². The lowest BCUT2D eigenvalue weighted by atomic mass is 10.2. The number of benzene rings is 3. The second kappa shape index (κ2) is 10.4. The van der Waals surface area contributed by atoms with Gasteiger partial charge in [0.25, 0.3) is 0 Å². The van der Waals surface area contributed by atoms with E-state index in [-0.39, 0.29) is 11.7 Å². The summed E-state index contributed by atoms with van der Waals surface area (Å²) in [6.45, 7) is 0. The first kappa shape index (κ1) is 22.6. The Labute approximate surface area is 214 Å². The summed E-state index contributed by atoms with van der Waals surface area (Å²) in [6.07, 6.45) is 2.01. The van der Waals surface area contributed by atoms with Crippen LogP contribution >= 0.6 is 39.0 Å². The van der Waals surface area contributed by atoms with Gasteiger partial charge in [0, 0.05) is 32.9 Å². The molecule has 0 spiro atoms. The van der Waals surface area contributed by atoms with Crippen molar-refractivity contribution in [3.63, 3.8) is 0 Å². The molecular weight excluding hydrogens is 528 g/mol. The Morgan fingerprint density at radius 1 is 0.882 bits per heavy atom. The molecule has 5 rings (SSSR count). The molecule has 1 amide bonds. The summed E-state index contributed by atoms with van der Waals surface area (Å²) in [5.41, 5.74) is 4.75. The number of rotatable bonds is 7. The Bertz CT molecular complexity index is 1400. The summed E-state index contributed by atoms with van der Waals surface area (Å²) < 4.78 is 3.04. The summed E-state index contributed by atoms with van der Waals surface area (Å²) >= 11 is 6.26. The van der Waals surface area contributed by atoms with E-state index in [9.17, 15) is 4.79 Å². The molecule has 0 aliphatic heterocycles. The van der Waals surface area contributed by atoms with E-state index in [2.05, 4.69) is 26.2 Å². The van der Waals surface area contributed by atoms with Crippen LogP contribution in [0, 0.1) is 0 Å². The van der Waals surface area contributed by atoms with Gasteiger partial charge in [0.2, 0.25) is 5.91 Å². The smallest absolute Gasteiger partial charge is 0.236 e. The highest BCUT2D eigenvalue weighted by atomic mass is 79.9. The maximum atomic E-state index is 12.7. The molecule has 2 aromatic heterocycles. The lowest BCUT2D eigenvalue weighted by Crippen LogP contribution is -2.14. The fourth-order valence-corrected chi connectivity index (χ4v) is 5.15. The van der Waals surface area contributed by atoms with Crippen molar-refractivity contribution in [1.29, 1.82) is 0 Å². The highest BCUT2D eigenvalue weighted by molar-refractivity contribution is 9.10. The number of thiazole rings is 1. The minimum Gasteiger partial charge on any atom is -0.301 e. The van der Waals surface area contributed by atoms with Crippen molar-refractivity contribution < 1.29 is 4.79 Å². The van der Waals surface area contributed by atoms with Gasteiger partial charge in [0.1, 0.15) is 0 Å². The summed E-state index contributed by atoms with van der Waals surface area (Å²) in [7, 11) is 0. The number of para-hydroxylation sites is 1. The van der Waals surface area contributed by atoms with Crippen LogP contribution in [0.5, 0.6) is 0 Å². The second-order valence-electron chi connectivity index (χ2n) is 7.36. The van der Waals surface area contributed by atoms with Crippen molar-refractivity contribution in [2.24, 2.45) is 0 Å². The molecule has 0 radical (unpaired) electrons. The summed E-state index contributed by atoms with van der Waals surface area (Å²) in [6, 6.07) is 28.0. The summed E-state index contributed by atoms with van der Waals surface area (Å²) in [5, 5.41) is 6.20. The number of imidazole rings is 1. The average Bonchev–Trinajstić information content (AvgIpc) is 3.52. The number of aromatic nitrogens is 3. The lowest BCUT2D eigenvalue weighted by Gasteiger charge is -2.07. The molecule has 0 unspecified atom stereocenters. The molecule has 0 aliphatic rings. The highest BCUT2D eigenvalue weighted by Gasteiger charge is 2.15. The third-order valence-corrected chi connectivity index (χ3v) is 7.24. The standard InChI is InChI=1S/C26H19BrN4OS2/c27-20-13-11-19(12-14-20)23-16-33-25(28-23)30-24(32)17-34-26-29-22(18-7-3-1-4-8-18)15-31(26)21-9-5-2-6-10-21/h1-16H,17H2,(H,28,30,32). The molecule has 168 valence electrons. The topological polar surface area (TPSA) is 59.8 Å². The number of hydrogen-bond acceptors (Lipinski definition) is 5. The molecule has 0 saturated carbocycles. The third-order valence-electron chi connectivity index (χ3n) is 5.00. The monoisotopic (exact) mass is 546 g/mol. The first-order chi connectivity index (χ1) is 16.7. The molecule has 8 heteroatoms. The molecule has 3 aromatic carbocycles. The molecule has 0 aliphatic carbocycles. The second-order valence-corrected chi connectivity index (χ2v) is 10.1. The van der Waals surface area contributed by atoms with Crippen molar-refractivity contribution in [2.75, 3.05) is 11.1 Å². The number of hydrogen-bond donors (Lipinski definition) is 1. The van der Waals surface area contributed by atoms with E-state index in [1.54, 1.807) is 0 Å².